The van der Waals surface area contributed by atoms with Gasteiger partial charge in [0, 0.05) is 18.5 Å². The van der Waals surface area contributed by atoms with Crippen LogP contribution >= 0.6 is 0 Å². The van der Waals surface area contributed by atoms with E-state index >= 15 is 0 Å². The van der Waals surface area contributed by atoms with Gasteiger partial charge in [-0.1, -0.05) is 0 Å². The molecular weight excluding hydrogens is 242 g/mol. The van der Waals surface area contributed by atoms with Crippen LogP contribution in [0.4, 0.5) is 0 Å². The molecule has 1 aliphatic rings. The van der Waals surface area contributed by atoms with E-state index in [0.29, 0.717) is 6.54 Å². The average molecular weight is 265 g/mol. The molecule has 106 valence electrons. The predicted molar refractivity (Wildman–Crippen MR) is 72.7 cm³/mol. The van der Waals surface area contributed by atoms with Crippen molar-refractivity contribution in [3.05, 3.63) is 11.6 Å². The lowest BCUT2D eigenvalue weighted by atomic mass is 10.1. The zero-order valence-electron chi connectivity index (χ0n) is 12.2. The highest BCUT2D eigenvalue weighted by atomic mass is 16.2. The van der Waals surface area contributed by atoms with E-state index in [9.17, 15) is 4.79 Å². The van der Waals surface area contributed by atoms with Crippen molar-refractivity contribution in [2.45, 2.75) is 58.7 Å². The highest BCUT2D eigenvalue weighted by Crippen LogP contribution is 2.18. The fourth-order valence-corrected chi connectivity index (χ4v) is 2.20. The maximum absolute atomic E-state index is 11.9. The Bertz CT molecular complexity index is 460. The minimum Gasteiger partial charge on any atom is -0.345 e. The van der Waals surface area contributed by atoms with E-state index in [4.69, 9.17) is 0 Å². The summed E-state index contributed by atoms with van der Waals surface area (Å²) in [6, 6.07) is -0.103. The van der Waals surface area contributed by atoms with Crippen molar-refractivity contribution in [1.29, 1.82) is 0 Å². The van der Waals surface area contributed by atoms with Gasteiger partial charge in [-0.3, -0.25) is 4.79 Å². The summed E-state index contributed by atoms with van der Waals surface area (Å²) in [5.41, 5.74) is -0.0588. The number of hydrogen-bond acceptors (Lipinski definition) is 4. The molecule has 0 bridgehead atoms. The number of fused-ring (bicyclic) bond motifs is 1. The molecule has 2 rings (SSSR count). The van der Waals surface area contributed by atoms with Gasteiger partial charge in [0.15, 0.2) is 5.82 Å². The Kier molecular flexibility index (Phi) is 3.89. The second kappa shape index (κ2) is 5.28. The van der Waals surface area contributed by atoms with Gasteiger partial charge < -0.3 is 15.2 Å². The zero-order valence-corrected chi connectivity index (χ0v) is 12.2. The molecule has 0 spiro atoms. The van der Waals surface area contributed by atoms with Crippen molar-refractivity contribution in [1.82, 2.24) is 25.4 Å². The number of aromatic nitrogens is 3. The van der Waals surface area contributed by atoms with Crippen LogP contribution in [0.3, 0.4) is 0 Å². The first-order valence-electron chi connectivity index (χ1n) is 6.83. The third kappa shape index (κ3) is 3.53. The van der Waals surface area contributed by atoms with Crippen molar-refractivity contribution in [2.75, 3.05) is 6.54 Å². The molecule has 2 heterocycles. The Morgan fingerprint density at radius 1 is 1.42 bits per heavy atom. The van der Waals surface area contributed by atoms with E-state index in [0.717, 1.165) is 31.0 Å². The molecule has 1 aromatic rings. The van der Waals surface area contributed by atoms with Gasteiger partial charge >= 0.3 is 0 Å². The normalized spacial score (nSPS) is 16.2. The highest BCUT2D eigenvalue weighted by Gasteiger charge is 2.22. The molecule has 0 aromatic carbocycles. The van der Waals surface area contributed by atoms with Gasteiger partial charge in [0.2, 0.25) is 5.91 Å². The summed E-state index contributed by atoms with van der Waals surface area (Å²) in [5, 5.41) is 14.5. The van der Waals surface area contributed by atoms with Gasteiger partial charge in [0.1, 0.15) is 5.82 Å². The van der Waals surface area contributed by atoms with E-state index in [2.05, 4.69) is 25.4 Å². The standard InChI is InChI=1S/C13H23N5O/c1-9(15-11(19)8-14-13(2,3)4)12-17-16-10-6-5-7-18(10)12/h9,14H,5-8H2,1-4H3,(H,15,19). The van der Waals surface area contributed by atoms with Crippen LogP contribution < -0.4 is 10.6 Å². The third-order valence-corrected chi connectivity index (χ3v) is 3.18. The summed E-state index contributed by atoms with van der Waals surface area (Å²) in [5.74, 6) is 1.87. The van der Waals surface area contributed by atoms with E-state index in [1.54, 1.807) is 0 Å². The number of nitrogens with zero attached hydrogens (tertiary/aromatic N) is 3. The van der Waals surface area contributed by atoms with Crippen LogP contribution in [0.25, 0.3) is 0 Å². The molecule has 19 heavy (non-hydrogen) atoms. The molecule has 1 aromatic heterocycles. The van der Waals surface area contributed by atoms with Crippen LogP contribution in [0.5, 0.6) is 0 Å². The molecule has 2 N–H and O–H groups in total. The van der Waals surface area contributed by atoms with Crippen LogP contribution in [0.1, 0.15) is 51.8 Å². The Labute approximate surface area is 114 Å². The Morgan fingerprint density at radius 3 is 2.84 bits per heavy atom. The van der Waals surface area contributed by atoms with E-state index < -0.39 is 0 Å². The molecule has 1 amide bonds. The minimum absolute atomic E-state index is 0.0160. The lowest BCUT2D eigenvalue weighted by molar-refractivity contribution is -0.121. The first kappa shape index (κ1) is 14.0. The summed E-state index contributed by atoms with van der Waals surface area (Å²) in [4.78, 5) is 11.9. The summed E-state index contributed by atoms with van der Waals surface area (Å²) in [7, 11) is 0. The SMILES string of the molecule is CC(NC(=O)CNC(C)(C)C)c1nnc2n1CCC2. The number of hydrogen-bond donors (Lipinski definition) is 2. The molecular formula is C13H23N5O. The molecule has 1 unspecified atom stereocenters. The van der Waals surface area contributed by atoms with Crippen LogP contribution in [-0.4, -0.2) is 32.8 Å². The lowest BCUT2D eigenvalue weighted by Gasteiger charge is -2.21. The lowest BCUT2D eigenvalue weighted by Crippen LogP contribution is -2.44. The second-order valence-corrected chi connectivity index (χ2v) is 6.12. The van der Waals surface area contributed by atoms with Gasteiger partial charge in [-0.2, -0.15) is 0 Å². The van der Waals surface area contributed by atoms with Crippen molar-refractivity contribution in [2.24, 2.45) is 0 Å². The quantitative estimate of drug-likeness (QED) is 0.844. The first-order chi connectivity index (χ1) is 8.87. The summed E-state index contributed by atoms with van der Waals surface area (Å²) < 4.78 is 2.11. The van der Waals surface area contributed by atoms with Gasteiger partial charge in [0.25, 0.3) is 0 Å². The summed E-state index contributed by atoms with van der Waals surface area (Å²) in [6.45, 7) is 9.33. The molecule has 0 fully saturated rings. The maximum atomic E-state index is 11.9. The predicted octanol–water partition coefficient (Wildman–Crippen LogP) is 0.790. The number of rotatable bonds is 4. The minimum atomic E-state index is -0.103. The fourth-order valence-electron chi connectivity index (χ4n) is 2.20. The maximum Gasteiger partial charge on any atom is 0.234 e. The van der Waals surface area contributed by atoms with Gasteiger partial charge in [0.05, 0.1) is 12.6 Å². The Hall–Kier alpha value is -1.43. The van der Waals surface area contributed by atoms with Gasteiger partial charge in [-0.05, 0) is 34.1 Å². The van der Waals surface area contributed by atoms with Crippen molar-refractivity contribution in [3.8, 4) is 0 Å². The second-order valence-electron chi connectivity index (χ2n) is 6.12. The molecule has 0 radical (unpaired) electrons. The Morgan fingerprint density at radius 2 is 2.16 bits per heavy atom. The summed E-state index contributed by atoms with van der Waals surface area (Å²) >= 11 is 0. The highest BCUT2D eigenvalue weighted by molar-refractivity contribution is 5.78. The van der Waals surface area contributed by atoms with Crippen LogP contribution in [-0.2, 0) is 17.8 Å². The van der Waals surface area contributed by atoms with Crippen molar-refractivity contribution < 1.29 is 4.79 Å². The number of nitrogens with one attached hydrogen (secondary N) is 2. The number of carbonyl (C=O) groups excluding carboxylic acids is 1. The average Bonchev–Trinajstić information content (AvgIpc) is 2.86. The Balaban J connectivity index is 1.90. The van der Waals surface area contributed by atoms with Crippen LogP contribution in [0.15, 0.2) is 0 Å². The molecule has 1 atom stereocenters. The molecule has 0 aliphatic carbocycles. The van der Waals surface area contributed by atoms with Crippen molar-refractivity contribution in [3.63, 3.8) is 0 Å². The van der Waals surface area contributed by atoms with E-state index in [-0.39, 0.29) is 17.5 Å². The van der Waals surface area contributed by atoms with Crippen LogP contribution in [0, 0.1) is 0 Å². The van der Waals surface area contributed by atoms with Crippen LogP contribution in [0.2, 0.25) is 0 Å². The zero-order chi connectivity index (χ0) is 14.0. The monoisotopic (exact) mass is 265 g/mol. The smallest absolute Gasteiger partial charge is 0.234 e. The molecule has 6 nitrogen and oxygen atoms in total. The third-order valence-electron chi connectivity index (χ3n) is 3.18. The van der Waals surface area contributed by atoms with Gasteiger partial charge in [-0.15, -0.1) is 10.2 Å². The van der Waals surface area contributed by atoms with E-state index in [1.165, 1.54) is 0 Å². The van der Waals surface area contributed by atoms with Crippen molar-refractivity contribution >= 4 is 5.91 Å². The molecule has 0 saturated carbocycles. The molecule has 1 aliphatic heterocycles. The first-order valence-corrected chi connectivity index (χ1v) is 6.83. The van der Waals surface area contributed by atoms with Gasteiger partial charge in [-0.25, -0.2) is 0 Å². The number of carbonyl (C=O) groups is 1. The molecule has 0 saturated heterocycles. The molecule has 6 heteroatoms. The summed E-state index contributed by atoms with van der Waals surface area (Å²) in [6.07, 6.45) is 2.10. The topological polar surface area (TPSA) is 71.8 Å². The number of amides is 1. The number of aryl methyl sites for hydroxylation is 1. The van der Waals surface area contributed by atoms with E-state index in [1.807, 2.05) is 27.7 Å². The fraction of sp³-hybridized carbons (Fsp3) is 0.769. The largest absolute Gasteiger partial charge is 0.345 e.